The second kappa shape index (κ2) is 4.24. The molecule has 0 saturated heterocycles. The molecule has 0 radical (unpaired) electrons. The van der Waals surface area contributed by atoms with Crippen LogP contribution in [0.3, 0.4) is 0 Å². The molecule has 3 N–H and O–H groups in total. The average Bonchev–Trinajstić information content (AvgIpc) is 2.04. The number of aliphatic hydroxyl groups excluding tert-OH is 1. The summed E-state index contributed by atoms with van der Waals surface area (Å²) in [6.45, 7) is 2.10. The van der Waals surface area contributed by atoms with Gasteiger partial charge in [-0.2, -0.15) is 0 Å². The van der Waals surface area contributed by atoms with Crippen LogP contribution in [0.2, 0.25) is 0 Å². The summed E-state index contributed by atoms with van der Waals surface area (Å²) in [5.74, 6) is 0. The number of aliphatic hydroxyl groups is 1. The number of aryl methyl sites for hydroxylation is 1. The van der Waals surface area contributed by atoms with Gasteiger partial charge in [-0.1, -0.05) is 29.8 Å². The molecule has 12 heavy (non-hydrogen) atoms. The minimum Gasteiger partial charge on any atom is -0.395 e. The summed E-state index contributed by atoms with van der Waals surface area (Å²) >= 11 is 0. The van der Waals surface area contributed by atoms with Crippen LogP contribution in [0.25, 0.3) is 0 Å². The highest BCUT2D eigenvalue weighted by atomic mass is 16.3. The van der Waals surface area contributed by atoms with Gasteiger partial charge in [0.1, 0.15) is 0 Å². The van der Waals surface area contributed by atoms with Gasteiger partial charge < -0.3 is 10.8 Å². The van der Waals surface area contributed by atoms with Gasteiger partial charge in [0.25, 0.3) is 0 Å². The molecule has 1 aromatic carbocycles. The zero-order chi connectivity index (χ0) is 8.97. The fourth-order valence-corrected chi connectivity index (χ4v) is 1.21. The summed E-state index contributed by atoms with van der Waals surface area (Å²) in [5.41, 5.74) is 8.03. The van der Waals surface area contributed by atoms with Crippen molar-refractivity contribution in [2.45, 2.75) is 19.4 Å². The molecule has 1 rings (SSSR count). The molecule has 0 bridgehead atoms. The number of rotatable bonds is 3. The highest BCUT2D eigenvalue weighted by Crippen LogP contribution is 2.05. The Labute approximate surface area is 73.0 Å². The van der Waals surface area contributed by atoms with Crippen molar-refractivity contribution in [3.63, 3.8) is 0 Å². The maximum Gasteiger partial charge on any atom is 0.0585 e. The molecule has 0 heterocycles. The Bertz CT molecular complexity index is 247. The fourth-order valence-electron chi connectivity index (χ4n) is 1.21. The van der Waals surface area contributed by atoms with Crippen LogP contribution in [-0.4, -0.2) is 17.8 Å². The highest BCUT2D eigenvalue weighted by molar-refractivity contribution is 5.22. The standard InChI is InChI=1S/C10H15NO/c1-8-3-2-4-9(5-8)6-10(11)7-12/h2-5,10,12H,6-7,11H2,1H3/t10-/m1/s1. The van der Waals surface area contributed by atoms with Crippen LogP contribution in [-0.2, 0) is 6.42 Å². The highest BCUT2D eigenvalue weighted by Gasteiger charge is 2.01. The molecule has 0 aliphatic heterocycles. The maximum atomic E-state index is 8.74. The van der Waals surface area contributed by atoms with Crippen molar-refractivity contribution >= 4 is 0 Å². The summed E-state index contributed by atoms with van der Waals surface area (Å²) in [7, 11) is 0. The molecular formula is C10H15NO. The van der Waals surface area contributed by atoms with E-state index in [1.807, 2.05) is 25.1 Å². The molecule has 0 unspecified atom stereocenters. The summed E-state index contributed by atoms with van der Waals surface area (Å²) in [5, 5.41) is 8.74. The van der Waals surface area contributed by atoms with Gasteiger partial charge in [-0.3, -0.25) is 0 Å². The third-order valence-electron chi connectivity index (χ3n) is 1.81. The number of benzene rings is 1. The monoisotopic (exact) mass is 165 g/mol. The first kappa shape index (κ1) is 9.23. The van der Waals surface area contributed by atoms with E-state index < -0.39 is 0 Å². The predicted molar refractivity (Wildman–Crippen MR) is 49.9 cm³/mol. The molecule has 0 saturated carbocycles. The maximum absolute atomic E-state index is 8.74. The summed E-state index contributed by atoms with van der Waals surface area (Å²) in [6, 6.07) is 8.05. The van der Waals surface area contributed by atoms with Crippen molar-refractivity contribution in [3.8, 4) is 0 Å². The van der Waals surface area contributed by atoms with Crippen LogP contribution in [0.4, 0.5) is 0 Å². The molecule has 0 fully saturated rings. The van der Waals surface area contributed by atoms with Gasteiger partial charge in [-0.25, -0.2) is 0 Å². The SMILES string of the molecule is Cc1cccc(C[C@@H](N)CO)c1. The Morgan fingerprint density at radius 3 is 2.83 bits per heavy atom. The predicted octanol–water partition coefficient (Wildman–Crippen LogP) is 0.857. The fraction of sp³-hybridized carbons (Fsp3) is 0.400. The molecule has 1 aromatic rings. The van der Waals surface area contributed by atoms with E-state index in [4.69, 9.17) is 10.8 Å². The Hall–Kier alpha value is -0.860. The first-order chi connectivity index (χ1) is 5.72. The van der Waals surface area contributed by atoms with E-state index in [2.05, 4.69) is 6.07 Å². The Morgan fingerprint density at radius 1 is 1.50 bits per heavy atom. The van der Waals surface area contributed by atoms with E-state index in [-0.39, 0.29) is 12.6 Å². The zero-order valence-electron chi connectivity index (χ0n) is 7.33. The van der Waals surface area contributed by atoms with Gasteiger partial charge >= 0.3 is 0 Å². The van der Waals surface area contributed by atoms with Crippen molar-refractivity contribution in [2.24, 2.45) is 5.73 Å². The number of hydrogen-bond acceptors (Lipinski definition) is 2. The first-order valence-electron chi connectivity index (χ1n) is 4.14. The van der Waals surface area contributed by atoms with Crippen molar-refractivity contribution in [3.05, 3.63) is 35.4 Å². The molecule has 1 atom stereocenters. The van der Waals surface area contributed by atoms with Crippen LogP contribution in [0.15, 0.2) is 24.3 Å². The van der Waals surface area contributed by atoms with Crippen LogP contribution in [0.1, 0.15) is 11.1 Å². The van der Waals surface area contributed by atoms with Gasteiger partial charge in [0.05, 0.1) is 6.61 Å². The number of nitrogens with two attached hydrogens (primary N) is 1. The smallest absolute Gasteiger partial charge is 0.0585 e. The molecule has 2 heteroatoms. The summed E-state index contributed by atoms with van der Waals surface area (Å²) < 4.78 is 0. The Kier molecular flexibility index (Phi) is 3.26. The molecule has 0 aromatic heterocycles. The van der Waals surface area contributed by atoms with E-state index in [0.717, 1.165) is 6.42 Å². The molecule has 2 nitrogen and oxygen atoms in total. The molecule has 0 spiro atoms. The average molecular weight is 165 g/mol. The van der Waals surface area contributed by atoms with E-state index in [1.54, 1.807) is 0 Å². The van der Waals surface area contributed by atoms with E-state index in [0.29, 0.717) is 0 Å². The first-order valence-corrected chi connectivity index (χ1v) is 4.14. The van der Waals surface area contributed by atoms with E-state index >= 15 is 0 Å². The quantitative estimate of drug-likeness (QED) is 0.697. The van der Waals surface area contributed by atoms with Crippen LogP contribution >= 0.6 is 0 Å². The van der Waals surface area contributed by atoms with Crippen molar-refractivity contribution in [1.29, 1.82) is 0 Å². The van der Waals surface area contributed by atoms with Crippen molar-refractivity contribution in [1.82, 2.24) is 0 Å². The van der Waals surface area contributed by atoms with Gasteiger partial charge in [0.2, 0.25) is 0 Å². The molecule has 0 aliphatic carbocycles. The lowest BCUT2D eigenvalue weighted by atomic mass is 10.1. The van der Waals surface area contributed by atoms with Gasteiger partial charge in [-0.15, -0.1) is 0 Å². The van der Waals surface area contributed by atoms with Crippen LogP contribution < -0.4 is 5.73 Å². The largest absolute Gasteiger partial charge is 0.395 e. The zero-order valence-corrected chi connectivity index (χ0v) is 7.33. The Morgan fingerprint density at radius 2 is 2.25 bits per heavy atom. The molecule has 0 aliphatic rings. The number of hydrogen-bond donors (Lipinski definition) is 2. The summed E-state index contributed by atoms with van der Waals surface area (Å²) in [6.07, 6.45) is 0.748. The van der Waals surface area contributed by atoms with Gasteiger partial charge in [0, 0.05) is 6.04 Å². The second-order valence-electron chi connectivity index (χ2n) is 3.14. The van der Waals surface area contributed by atoms with Crippen LogP contribution in [0, 0.1) is 6.92 Å². The van der Waals surface area contributed by atoms with E-state index in [9.17, 15) is 0 Å². The molecular weight excluding hydrogens is 150 g/mol. The molecule has 66 valence electrons. The lowest BCUT2D eigenvalue weighted by Gasteiger charge is -2.07. The lowest BCUT2D eigenvalue weighted by Crippen LogP contribution is -2.26. The minimum atomic E-state index is -0.133. The second-order valence-corrected chi connectivity index (χ2v) is 3.14. The van der Waals surface area contributed by atoms with Crippen molar-refractivity contribution in [2.75, 3.05) is 6.61 Å². The van der Waals surface area contributed by atoms with Gasteiger partial charge in [0.15, 0.2) is 0 Å². The van der Waals surface area contributed by atoms with Crippen molar-refractivity contribution < 1.29 is 5.11 Å². The lowest BCUT2D eigenvalue weighted by molar-refractivity contribution is 0.265. The third-order valence-corrected chi connectivity index (χ3v) is 1.81. The Balaban J connectivity index is 2.63. The minimum absolute atomic E-state index is 0.0495. The van der Waals surface area contributed by atoms with Gasteiger partial charge in [-0.05, 0) is 18.9 Å². The van der Waals surface area contributed by atoms with E-state index in [1.165, 1.54) is 11.1 Å². The normalized spacial score (nSPS) is 12.9. The molecule has 0 amide bonds. The summed E-state index contributed by atoms with van der Waals surface area (Å²) in [4.78, 5) is 0. The topological polar surface area (TPSA) is 46.2 Å². The van der Waals surface area contributed by atoms with Crippen LogP contribution in [0.5, 0.6) is 0 Å². The third kappa shape index (κ3) is 2.64.